The fraction of sp³-hybridized carbons (Fsp3) is 0.0769. The van der Waals surface area contributed by atoms with Crippen LogP contribution in [0.1, 0.15) is 10.4 Å². The molecule has 0 unspecified atom stereocenters. The van der Waals surface area contributed by atoms with Gasteiger partial charge < -0.3 is 9.47 Å². The molecular formula is C13H9FINO3. The molecule has 98 valence electrons. The third-order valence-corrected chi connectivity index (χ3v) is 2.84. The number of aromatic nitrogens is 1. The second kappa shape index (κ2) is 5.96. The maximum Gasteiger partial charge on any atom is 0.343 e. The van der Waals surface area contributed by atoms with E-state index in [1.54, 1.807) is 12.3 Å². The number of methoxy groups -OCH3 is 1. The number of carbonyl (C=O) groups is 1. The Morgan fingerprint density at radius 3 is 2.63 bits per heavy atom. The summed E-state index contributed by atoms with van der Waals surface area (Å²) in [6.45, 7) is 0. The third-order valence-electron chi connectivity index (χ3n) is 2.25. The molecule has 0 atom stereocenters. The summed E-state index contributed by atoms with van der Waals surface area (Å²) in [6, 6.07) is 7.05. The number of pyridine rings is 1. The molecule has 0 N–H and O–H groups in total. The van der Waals surface area contributed by atoms with Crippen LogP contribution in [-0.4, -0.2) is 18.1 Å². The summed E-state index contributed by atoms with van der Waals surface area (Å²) < 4.78 is 23.7. The highest BCUT2D eigenvalue weighted by molar-refractivity contribution is 14.1. The maximum absolute atomic E-state index is 12.8. The van der Waals surface area contributed by atoms with Crippen LogP contribution in [0.2, 0.25) is 0 Å². The van der Waals surface area contributed by atoms with Gasteiger partial charge in [0.1, 0.15) is 17.1 Å². The zero-order valence-electron chi connectivity index (χ0n) is 9.89. The van der Waals surface area contributed by atoms with E-state index in [1.165, 1.54) is 31.4 Å². The van der Waals surface area contributed by atoms with Crippen LogP contribution in [0, 0.1) is 9.39 Å². The van der Waals surface area contributed by atoms with Crippen molar-refractivity contribution >= 4 is 28.6 Å². The molecule has 4 nitrogen and oxygen atoms in total. The Kier molecular flexibility index (Phi) is 4.31. The maximum atomic E-state index is 12.8. The minimum atomic E-state index is -0.539. The number of esters is 1. The van der Waals surface area contributed by atoms with Crippen LogP contribution in [0.3, 0.4) is 0 Å². The summed E-state index contributed by atoms with van der Waals surface area (Å²) in [7, 11) is 1.28. The number of nitrogens with zero attached hydrogens (tertiary/aromatic N) is 1. The van der Waals surface area contributed by atoms with Crippen molar-refractivity contribution in [1.82, 2.24) is 4.98 Å². The molecule has 0 fully saturated rings. The van der Waals surface area contributed by atoms with Crippen molar-refractivity contribution in [2.75, 3.05) is 7.11 Å². The molecule has 0 saturated heterocycles. The number of hydrogen-bond acceptors (Lipinski definition) is 4. The predicted molar refractivity (Wildman–Crippen MR) is 74.8 cm³/mol. The standard InChI is InChI=1S/C13H9FINO3/c1-18-13(17)11-6-9(15)7-16-12(11)19-10-4-2-8(14)3-5-10/h2-7H,1H3. The Morgan fingerprint density at radius 2 is 2.00 bits per heavy atom. The van der Waals surface area contributed by atoms with Crippen LogP contribution in [-0.2, 0) is 4.74 Å². The summed E-state index contributed by atoms with van der Waals surface area (Å²) >= 11 is 2.03. The first kappa shape index (κ1) is 13.7. The molecule has 1 heterocycles. The topological polar surface area (TPSA) is 48.4 Å². The van der Waals surface area contributed by atoms with E-state index >= 15 is 0 Å². The number of halogens is 2. The molecule has 2 rings (SSSR count). The van der Waals surface area contributed by atoms with Gasteiger partial charge in [-0.1, -0.05) is 0 Å². The second-order valence-electron chi connectivity index (χ2n) is 3.55. The van der Waals surface area contributed by atoms with E-state index in [2.05, 4.69) is 9.72 Å². The molecular weight excluding hydrogens is 364 g/mol. The van der Waals surface area contributed by atoms with E-state index in [-0.39, 0.29) is 17.3 Å². The third kappa shape index (κ3) is 3.40. The van der Waals surface area contributed by atoms with Crippen LogP contribution in [0.25, 0.3) is 0 Å². The summed E-state index contributed by atoms with van der Waals surface area (Å²) in [6.07, 6.45) is 1.56. The van der Waals surface area contributed by atoms with Gasteiger partial charge in [0, 0.05) is 9.77 Å². The Balaban J connectivity index is 2.34. The second-order valence-corrected chi connectivity index (χ2v) is 4.80. The fourth-order valence-electron chi connectivity index (χ4n) is 1.38. The highest BCUT2D eigenvalue weighted by atomic mass is 127. The normalized spacial score (nSPS) is 10.1. The Hall–Kier alpha value is -1.70. The SMILES string of the molecule is COC(=O)c1cc(I)cnc1Oc1ccc(F)cc1. The molecule has 1 aromatic carbocycles. The van der Waals surface area contributed by atoms with Crippen LogP contribution in [0.4, 0.5) is 4.39 Å². The van der Waals surface area contributed by atoms with Gasteiger partial charge >= 0.3 is 5.97 Å². The van der Waals surface area contributed by atoms with Gasteiger partial charge in [-0.05, 0) is 52.9 Å². The van der Waals surface area contributed by atoms with Gasteiger partial charge in [-0.2, -0.15) is 0 Å². The lowest BCUT2D eigenvalue weighted by atomic mass is 10.2. The highest BCUT2D eigenvalue weighted by Gasteiger charge is 2.16. The van der Waals surface area contributed by atoms with E-state index in [0.717, 1.165) is 3.57 Å². The summed E-state index contributed by atoms with van der Waals surface area (Å²) in [5.41, 5.74) is 0.221. The van der Waals surface area contributed by atoms with Crippen LogP contribution >= 0.6 is 22.6 Å². The van der Waals surface area contributed by atoms with Gasteiger partial charge in [0.25, 0.3) is 0 Å². The molecule has 0 aliphatic rings. The number of hydrogen-bond donors (Lipinski definition) is 0. The lowest BCUT2D eigenvalue weighted by Crippen LogP contribution is -2.05. The van der Waals surface area contributed by atoms with Crippen molar-refractivity contribution in [2.45, 2.75) is 0 Å². The smallest absolute Gasteiger partial charge is 0.343 e. The van der Waals surface area contributed by atoms with E-state index in [9.17, 15) is 9.18 Å². The van der Waals surface area contributed by atoms with Gasteiger partial charge in [-0.15, -0.1) is 0 Å². The lowest BCUT2D eigenvalue weighted by Gasteiger charge is -2.09. The minimum absolute atomic E-state index is 0.124. The van der Waals surface area contributed by atoms with Gasteiger partial charge in [0.05, 0.1) is 7.11 Å². The van der Waals surface area contributed by atoms with Gasteiger partial charge in [0.2, 0.25) is 5.88 Å². The Labute approximate surface area is 122 Å². The number of rotatable bonds is 3. The molecule has 0 amide bonds. The van der Waals surface area contributed by atoms with Crippen molar-refractivity contribution < 1.29 is 18.7 Å². The summed E-state index contributed by atoms with van der Waals surface area (Å²) in [5, 5.41) is 0. The number of ether oxygens (including phenoxy) is 2. The quantitative estimate of drug-likeness (QED) is 0.611. The van der Waals surface area contributed by atoms with Crippen molar-refractivity contribution in [2.24, 2.45) is 0 Å². The summed E-state index contributed by atoms with van der Waals surface area (Å²) in [5.74, 6) is -0.390. The average Bonchev–Trinajstić information content (AvgIpc) is 2.42. The minimum Gasteiger partial charge on any atom is -0.465 e. The molecule has 2 aromatic rings. The molecule has 1 aromatic heterocycles. The molecule has 0 radical (unpaired) electrons. The van der Waals surface area contributed by atoms with Crippen LogP contribution in [0.5, 0.6) is 11.6 Å². The first-order valence-corrected chi connectivity index (χ1v) is 6.35. The molecule has 6 heteroatoms. The average molecular weight is 373 g/mol. The molecule has 0 aliphatic heterocycles. The first-order valence-electron chi connectivity index (χ1n) is 5.27. The van der Waals surface area contributed by atoms with E-state index in [4.69, 9.17) is 4.74 Å². The van der Waals surface area contributed by atoms with Crippen molar-refractivity contribution in [3.63, 3.8) is 0 Å². The van der Waals surface area contributed by atoms with Gasteiger partial charge in [0.15, 0.2) is 0 Å². The van der Waals surface area contributed by atoms with Gasteiger partial charge in [-0.3, -0.25) is 0 Å². The largest absolute Gasteiger partial charge is 0.465 e. The van der Waals surface area contributed by atoms with E-state index < -0.39 is 5.97 Å². The number of benzene rings is 1. The zero-order valence-corrected chi connectivity index (χ0v) is 12.0. The van der Waals surface area contributed by atoms with Crippen molar-refractivity contribution in [3.05, 3.63) is 51.5 Å². The van der Waals surface area contributed by atoms with E-state index in [0.29, 0.717) is 5.75 Å². The predicted octanol–water partition coefficient (Wildman–Crippen LogP) is 3.40. The van der Waals surface area contributed by atoms with Crippen LogP contribution < -0.4 is 4.74 Å². The molecule has 0 bridgehead atoms. The molecule has 19 heavy (non-hydrogen) atoms. The molecule has 0 aliphatic carbocycles. The fourth-order valence-corrected chi connectivity index (χ4v) is 1.83. The van der Waals surface area contributed by atoms with Crippen molar-refractivity contribution in [1.29, 1.82) is 0 Å². The highest BCUT2D eigenvalue weighted by Crippen LogP contribution is 2.25. The monoisotopic (exact) mass is 373 g/mol. The molecule has 0 spiro atoms. The molecule has 0 saturated carbocycles. The lowest BCUT2D eigenvalue weighted by molar-refractivity contribution is 0.0597. The Morgan fingerprint density at radius 1 is 1.32 bits per heavy atom. The number of carbonyl (C=O) groups excluding carboxylic acids is 1. The van der Waals surface area contributed by atoms with Gasteiger partial charge in [-0.25, -0.2) is 14.2 Å². The summed E-state index contributed by atoms with van der Waals surface area (Å²) in [4.78, 5) is 15.7. The van der Waals surface area contributed by atoms with E-state index in [1.807, 2.05) is 22.6 Å². The zero-order chi connectivity index (χ0) is 13.8. The Bertz CT molecular complexity index is 601. The van der Waals surface area contributed by atoms with Crippen LogP contribution in [0.15, 0.2) is 36.5 Å². The van der Waals surface area contributed by atoms with Crippen molar-refractivity contribution in [3.8, 4) is 11.6 Å². The first-order chi connectivity index (χ1) is 9.10.